The van der Waals surface area contributed by atoms with Gasteiger partial charge in [-0.1, -0.05) is 17.7 Å². The van der Waals surface area contributed by atoms with Gasteiger partial charge in [0, 0.05) is 21.1 Å². The molecule has 0 heterocycles. The molecule has 0 aliphatic carbocycles. The number of nitrogen functional groups attached to an aromatic ring is 1. The molecule has 1 rings (SSSR count). The molecular weight excluding hydrogens is 254 g/mol. The first-order valence-corrected chi connectivity index (χ1v) is 5.72. The van der Waals surface area contributed by atoms with Gasteiger partial charge in [0.05, 0.1) is 22.8 Å². The van der Waals surface area contributed by atoms with Crippen molar-refractivity contribution in [1.29, 1.82) is 0 Å². The van der Waals surface area contributed by atoms with Crippen molar-refractivity contribution in [3.8, 4) is 0 Å². The lowest BCUT2D eigenvalue weighted by atomic mass is 10.1. The molecule has 5 nitrogen and oxygen atoms in total. The van der Waals surface area contributed by atoms with Gasteiger partial charge in [-0.3, -0.25) is 9.59 Å². The second-order valence-electron chi connectivity index (χ2n) is 4.16. The van der Waals surface area contributed by atoms with Crippen LogP contribution in [0.15, 0.2) is 18.2 Å². The van der Waals surface area contributed by atoms with E-state index < -0.39 is 0 Å². The number of hydrogen-bond acceptors (Lipinski definition) is 3. The largest absolute Gasteiger partial charge is 0.398 e. The standard InChI is InChI=1S/C12H16ClN3O2/c1-15(2)10(17)7-16(3)12(18)8-5-4-6-9(14)11(8)13/h4-6H,7,14H2,1-3H3. The van der Waals surface area contributed by atoms with Crippen molar-refractivity contribution in [3.05, 3.63) is 28.8 Å². The van der Waals surface area contributed by atoms with Crippen molar-refractivity contribution in [2.24, 2.45) is 0 Å². The summed E-state index contributed by atoms with van der Waals surface area (Å²) in [5, 5.41) is 0.214. The predicted octanol–water partition coefficient (Wildman–Crippen LogP) is 1.08. The van der Waals surface area contributed by atoms with Gasteiger partial charge in [0.25, 0.3) is 5.91 Å². The maximum Gasteiger partial charge on any atom is 0.255 e. The van der Waals surface area contributed by atoms with Gasteiger partial charge >= 0.3 is 0 Å². The Balaban J connectivity index is 2.87. The fraction of sp³-hybridized carbons (Fsp3) is 0.333. The molecule has 0 aliphatic rings. The average Bonchev–Trinajstić information content (AvgIpc) is 2.31. The maximum absolute atomic E-state index is 12.1. The zero-order valence-corrected chi connectivity index (χ0v) is 11.4. The molecule has 0 fully saturated rings. The van der Waals surface area contributed by atoms with Crippen LogP contribution in [0.1, 0.15) is 10.4 Å². The molecule has 0 saturated carbocycles. The Morgan fingerprint density at radius 3 is 2.44 bits per heavy atom. The van der Waals surface area contributed by atoms with Crippen LogP contribution in [0.3, 0.4) is 0 Å². The minimum atomic E-state index is -0.331. The second kappa shape index (κ2) is 5.73. The highest BCUT2D eigenvalue weighted by atomic mass is 35.5. The molecule has 0 atom stereocenters. The van der Waals surface area contributed by atoms with Crippen molar-refractivity contribution in [2.75, 3.05) is 33.4 Å². The Hall–Kier alpha value is -1.75. The lowest BCUT2D eigenvalue weighted by Crippen LogP contribution is -2.37. The summed E-state index contributed by atoms with van der Waals surface area (Å²) in [6, 6.07) is 4.85. The number of carbonyl (C=O) groups is 2. The normalized spacial score (nSPS) is 10.0. The predicted molar refractivity (Wildman–Crippen MR) is 71.5 cm³/mol. The summed E-state index contributed by atoms with van der Waals surface area (Å²) in [6.45, 7) is -0.00301. The molecule has 0 radical (unpaired) electrons. The first-order chi connectivity index (χ1) is 8.34. The molecule has 0 aliphatic heterocycles. The highest BCUT2D eigenvalue weighted by Gasteiger charge is 2.19. The minimum Gasteiger partial charge on any atom is -0.398 e. The Morgan fingerprint density at radius 1 is 1.28 bits per heavy atom. The van der Waals surface area contributed by atoms with Crippen LogP contribution in [0.25, 0.3) is 0 Å². The van der Waals surface area contributed by atoms with Crippen LogP contribution in [0, 0.1) is 0 Å². The van der Waals surface area contributed by atoms with Crippen molar-refractivity contribution in [1.82, 2.24) is 9.80 Å². The lowest BCUT2D eigenvalue weighted by molar-refractivity contribution is -0.129. The summed E-state index contributed by atoms with van der Waals surface area (Å²) in [7, 11) is 4.81. The van der Waals surface area contributed by atoms with E-state index >= 15 is 0 Å². The van der Waals surface area contributed by atoms with Crippen LogP contribution in [-0.2, 0) is 4.79 Å². The Morgan fingerprint density at radius 2 is 1.89 bits per heavy atom. The van der Waals surface area contributed by atoms with E-state index in [2.05, 4.69) is 0 Å². The number of benzene rings is 1. The highest BCUT2D eigenvalue weighted by Crippen LogP contribution is 2.23. The van der Waals surface area contributed by atoms with Crippen molar-refractivity contribution < 1.29 is 9.59 Å². The highest BCUT2D eigenvalue weighted by molar-refractivity contribution is 6.36. The van der Waals surface area contributed by atoms with Crippen molar-refractivity contribution in [3.63, 3.8) is 0 Å². The van der Waals surface area contributed by atoms with Gasteiger partial charge in [0.1, 0.15) is 0 Å². The fourth-order valence-electron chi connectivity index (χ4n) is 1.34. The number of rotatable bonds is 3. The third-order valence-electron chi connectivity index (χ3n) is 2.48. The van der Waals surface area contributed by atoms with Crippen LogP contribution < -0.4 is 5.73 Å². The number of nitrogens with zero attached hydrogens (tertiary/aromatic N) is 2. The summed E-state index contributed by atoms with van der Waals surface area (Å²) in [4.78, 5) is 26.3. The molecule has 1 aromatic rings. The number of hydrogen-bond donors (Lipinski definition) is 1. The SMILES string of the molecule is CN(C)C(=O)CN(C)C(=O)c1cccc(N)c1Cl. The summed E-state index contributed by atoms with van der Waals surface area (Å²) >= 11 is 5.96. The van der Waals surface area contributed by atoms with Crippen LogP contribution in [0.5, 0.6) is 0 Å². The molecule has 0 unspecified atom stereocenters. The molecule has 2 N–H and O–H groups in total. The monoisotopic (exact) mass is 269 g/mol. The minimum absolute atomic E-state index is 0.00301. The number of carbonyl (C=O) groups excluding carboxylic acids is 2. The molecule has 0 saturated heterocycles. The molecule has 1 aromatic carbocycles. The maximum atomic E-state index is 12.1. The van der Waals surface area contributed by atoms with Gasteiger partial charge in [-0.05, 0) is 12.1 Å². The van der Waals surface area contributed by atoms with Gasteiger partial charge < -0.3 is 15.5 Å². The van der Waals surface area contributed by atoms with Crippen LogP contribution in [-0.4, -0.2) is 49.3 Å². The molecule has 0 aromatic heterocycles. The van der Waals surface area contributed by atoms with E-state index in [1.807, 2.05) is 0 Å². The number of halogens is 1. The number of nitrogens with two attached hydrogens (primary N) is 1. The first kappa shape index (κ1) is 14.3. The Kier molecular flexibility index (Phi) is 4.55. The molecule has 18 heavy (non-hydrogen) atoms. The summed E-state index contributed by atoms with van der Waals surface area (Å²) < 4.78 is 0. The molecular formula is C12H16ClN3O2. The van der Waals surface area contributed by atoms with E-state index in [4.69, 9.17) is 17.3 Å². The zero-order chi connectivity index (χ0) is 13.9. The zero-order valence-electron chi connectivity index (χ0n) is 10.6. The van der Waals surface area contributed by atoms with Gasteiger partial charge in [-0.2, -0.15) is 0 Å². The Labute approximate surface area is 111 Å². The van der Waals surface area contributed by atoms with E-state index in [-0.39, 0.29) is 23.4 Å². The molecule has 6 heteroatoms. The van der Waals surface area contributed by atoms with Gasteiger partial charge in [-0.15, -0.1) is 0 Å². The third-order valence-corrected chi connectivity index (χ3v) is 2.90. The van der Waals surface area contributed by atoms with Gasteiger partial charge in [0.2, 0.25) is 5.91 Å². The molecule has 0 spiro atoms. The first-order valence-electron chi connectivity index (χ1n) is 5.34. The number of amides is 2. The van der Waals surface area contributed by atoms with Crippen molar-refractivity contribution >= 4 is 29.1 Å². The number of anilines is 1. The van der Waals surface area contributed by atoms with E-state index in [9.17, 15) is 9.59 Å². The quantitative estimate of drug-likeness (QED) is 0.835. The average molecular weight is 270 g/mol. The third kappa shape index (κ3) is 3.13. The summed E-state index contributed by atoms with van der Waals surface area (Å²) in [6.07, 6.45) is 0. The van der Waals surface area contributed by atoms with E-state index in [1.54, 1.807) is 39.3 Å². The van der Waals surface area contributed by atoms with Gasteiger partial charge in [-0.25, -0.2) is 0 Å². The summed E-state index contributed by atoms with van der Waals surface area (Å²) in [5.41, 5.74) is 6.27. The lowest BCUT2D eigenvalue weighted by Gasteiger charge is -2.20. The molecule has 2 amide bonds. The van der Waals surface area contributed by atoms with Crippen molar-refractivity contribution in [2.45, 2.75) is 0 Å². The van der Waals surface area contributed by atoms with Crippen LogP contribution in [0.4, 0.5) is 5.69 Å². The van der Waals surface area contributed by atoms with Crippen LogP contribution >= 0.6 is 11.6 Å². The topological polar surface area (TPSA) is 66.6 Å². The molecule has 98 valence electrons. The van der Waals surface area contributed by atoms with E-state index in [1.165, 1.54) is 9.80 Å². The van der Waals surface area contributed by atoms with E-state index in [0.717, 1.165) is 0 Å². The van der Waals surface area contributed by atoms with Gasteiger partial charge in [0.15, 0.2) is 0 Å². The van der Waals surface area contributed by atoms with E-state index in [0.29, 0.717) is 11.3 Å². The van der Waals surface area contributed by atoms with Crippen LogP contribution in [0.2, 0.25) is 5.02 Å². The fourth-order valence-corrected chi connectivity index (χ4v) is 1.54. The summed E-state index contributed by atoms with van der Waals surface area (Å²) in [5.74, 6) is -0.492. The smallest absolute Gasteiger partial charge is 0.255 e. The number of likely N-dealkylation sites (N-methyl/N-ethyl adjacent to an activating group) is 2. The second-order valence-corrected chi connectivity index (χ2v) is 4.54. The molecule has 0 bridgehead atoms. The Bertz CT molecular complexity index is 474.